The predicted octanol–water partition coefficient (Wildman–Crippen LogP) is 2.68. The van der Waals surface area contributed by atoms with E-state index in [4.69, 9.17) is 9.78 Å². The Morgan fingerprint density at radius 1 is 1.33 bits per heavy atom. The van der Waals surface area contributed by atoms with Gasteiger partial charge < -0.3 is 9.84 Å². The first-order chi connectivity index (χ1) is 8.69. The fourth-order valence-electron chi connectivity index (χ4n) is 1.42. The molecule has 0 radical (unpaired) electrons. The average molecular weight is 242 g/mol. The molecule has 0 aliphatic rings. The highest BCUT2D eigenvalue weighted by molar-refractivity contribution is 5.33. The summed E-state index contributed by atoms with van der Waals surface area (Å²) in [6, 6.07) is 9.85. The summed E-state index contributed by atoms with van der Waals surface area (Å²) in [6.07, 6.45) is 0. The van der Waals surface area contributed by atoms with Crippen molar-refractivity contribution < 1.29 is 4.52 Å². The van der Waals surface area contributed by atoms with Crippen molar-refractivity contribution in [1.82, 2.24) is 10.1 Å². The Morgan fingerprint density at radius 2 is 2.06 bits per heavy atom. The lowest BCUT2D eigenvalue weighted by Crippen LogP contribution is -2.00. The van der Waals surface area contributed by atoms with Crippen molar-refractivity contribution in [2.24, 2.45) is 0 Å². The molecular weight excluding hydrogens is 228 g/mol. The fraction of sp³-hybridized carbons (Fsp3) is 0.308. The van der Waals surface area contributed by atoms with Crippen LogP contribution >= 0.6 is 0 Å². The number of aromatic nitrogens is 2. The molecule has 92 valence electrons. The molecule has 5 nitrogen and oxygen atoms in total. The minimum absolute atomic E-state index is 0.249. The molecule has 0 amide bonds. The summed E-state index contributed by atoms with van der Waals surface area (Å²) in [4.78, 5) is 4.22. The van der Waals surface area contributed by atoms with Gasteiger partial charge in [-0.3, -0.25) is 0 Å². The van der Waals surface area contributed by atoms with E-state index >= 15 is 0 Å². The smallest absolute Gasteiger partial charge is 0.321 e. The van der Waals surface area contributed by atoms with E-state index in [1.165, 1.54) is 0 Å². The van der Waals surface area contributed by atoms with Crippen LogP contribution in [0, 0.1) is 11.3 Å². The van der Waals surface area contributed by atoms with Crippen LogP contribution in [0.4, 0.5) is 6.01 Å². The van der Waals surface area contributed by atoms with Crippen molar-refractivity contribution in [3.63, 3.8) is 0 Å². The molecule has 0 saturated heterocycles. The third-order valence-electron chi connectivity index (χ3n) is 2.48. The molecule has 0 aliphatic carbocycles. The minimum Gasteiger partial charge on any atom is -0.334 e. The topological polar surface area (TPSA) is 74.7 Å². The van der Waals surface area contributed by atoms with Crippen molar-refractivity contribution in [1.29, 1.82) is 5.26 Å². The molecule has 18 heavy (non-hydrogen) atoms. The van der Waals surface area contributed by atoms with Gasteiger partial charge in [0.25, 0.3) is 0 Å². The van der Waals surface area contributed by atoms with Gasteiger partial charge in [-0.05, 0) is 17.7 Å². The van der Waals surface area contributed by atoms with Gasteiger partial charge in [-0.1, -0.05) is 31.1 Å². The van der Waals surface area contributed by atoms with Crippen LogP contribution < -0.4 is 5.32 Å². The molecule has 0 fully saturated rings. The van der Waals surface area contributed by atoms with Crippen molar-refractivity contribution >= 4 is 6.01 Å². The molecule has 5 heteroatoms. The highest BCUT2D eigenvalue weighted by Crippen LogP contribution is 2.13. The second kappa shape index (κ2) is 5.32. The molecule has 0 saturated carbocycles. The van der Waals surface area contributed by atoms with E-state index in [0.29, 0.717) is 23.9 Å². The fourth-order valence-corrected chi connectivity index (χ4v) is 1.42. The Kier molecular flexibility index (Phi) is 3.58. The highest BCUT2D eigenvalue weighted by atomic mass is 16.5. The molecule has 2 rings (SSSR count). The molecule has 1 aromatic heterocycles. The summed E-state index contributed by atoms with van der Waals surface area (Å²) in [7, 11) is 0. The minimum atomic E-state index is 0.249. The number of hydrogen-bond donors (Lipinski definition) is 1. The number of hydrogen-bond acceptors (Lipinski definition) is 5. The third-order valence-corrected chi connectivity index (χ3v) is 2.48. The van der Waals surface area contributed by atoms with Gasteiger partial charge in [0, 0.05) is 12.5 Å². The van der Waals surface area contributed by atoms with Gasteiger partial charge in [-0.2, -0.15) is 10.2 Å². The van der Waals surface area contributed by atoms with Crippen molar-refractivity contribution in [2.75, 3.05) is 5.32 Å². The molecule has 0 aliphatic heterocycles. The first-order valence-electron chi connectivity index (χ1n) is 5.75. The first kappa shape index (κ1) is 12.1. The molecule has 0 atom stereocenters. The number of benzene rings is 1. The summed E-state index contributed by atoms with van der Waals surface area (Å²) in [5.41, 5.74) is 1.71. The summed E-state index contributed by atoms with van der Waals surface area (Å²) < 4.78 is 5.07. The number of nitrogens with zero attached hydrogens (tertiary/aromatic N) is 3. The highest BCUT2D eigenvalue weighted by Gasteiger charge is 2.08. The van der Waals surface area contributed by atoms with Gasteiger partial charge in [0.05, 0.1) is 11.6 Å². The normalized spacial score (nSPS) is 10.3. The van der Waals surface area contributed by atoms with E-state index in [1.54, 1.807) is 12.1 Å². The maximum atomic E-state index is 8.69. The Labute approximate surface area is 105 Å². The Morgan fingerprint density at radius 3 is 2.61 bits per heavy atom. The largest absolute Gasteiger partial charge is 0.334 e. The van der Waals surface area contributed by atoms with Crippen LogP contribution in [0.15, 0.2) is 28.8 Å². The summed E-state index contributed by atoms with van der Waals surface area (Å²) in [5.74, 6) is 0.941. The Hall–Kier alpha value is -2.35. The number of nitriles is 1. The van der Waals surface area contributed by atoms with Crippen LogP contribution in [0.3, 0.4) is 0 Å². The van der Waals surface area contributed by atoms with Crippen LogP contribution in [0.5, 0.6) is 0 Å². The quantitative estimate of drug-likeness (QED) is 0.892. The van der Waals surface area contributed by atoms with E-state index in [0.717, 1.165) is 5.56 Å². The lowest BCUT2D eigenvalue weighted by molar-refractivity contribution is 0.419. The lowest BCUT2D eigenvalue weighted by atomic mass is 10.1. The van der Waals surface area contributed by atoms with Gasteiger partial charge in [0.15, 0.2) is 5.82 Å². The lowest BCUT2D eigenvalue weighted by Gasteiger charge is -2.01. The molecule has 0 spiro atoms. The van der Waals surface area contributed by atoms with E-state index in [2.05, 4.69) is 21.5 Å². The van der Waals surface area contributed by atoms with Crippen molar-refractivity contribution in [3.05, 3.63) is 41.2 Å². The monoisotopic (exact) mass is 242 g/mol. The number of anilines is 1. The Balaban J connectivity index is 1.96. The second-order valence-electron chi connectivity index (χ2n) is 4.27. The van der Waals surface area contributed by atoms with Gasteiger partial charge in [0.1, 0.15) is 0 Å². The van der Waals surface area contributed by atoms with Crippen LogP contribution in [-0.2, 0) is 6.54 Å². The van der Waals surface area contributed by atoms with Crippen LogP contribution in [0.1, 0.15) is 36.7 Å². The average Bonchev–Trinajstić information content (AvgIpc) is 2.86. The first-order valence-corrected chi connectivity index (χ1v) is 5.75. The van der Waals surface area contributed by atoms with Crippen LogP contribution in [0.2, 0.25) is 0 Å². The molecule has 1 aromatic carbocycles. The molecular formula is C13H14N4O. The number of nitrogens with one attached hydrogen (secondary N) is 1. The summed E-state index contributed by atoms with van der Waals surface area (Å²) in [6.45, 7) is 4.61. The van der Waals surface area contributed by atoms with Crippen molar-refractivity contribution in [3.8, 4) is 6.07 Å². The molecule has 0 bridgehead atoms. The SMILES string of the molecule is CC(C)c1noc(NCc2ccc(C#N)cc2)n1. The molecule has 2 aromatic rings. The summed E-state index contributed by atoms with van der Waals surface area (Å²) in [5, 5.41) is 15.6. The van der Waals surface area contributed by atoms with Gasteiger partial charge >= 0.3 is 6.01 Å². The van der Waals surface area contributed by atoms with E-state index in [9.17, 15) is 0 Å². The van der Waals surface area contributed by atoms with E-state index in [-0.39, 0.29) is 5.92 Å². The standard InChI is InChI=1S/C13H14N4O/c1-9(2)12-16-13(18-17-12)15-8-11-5-3-10(7-14)4-6-11/h3-6,9H,8H2,1-2H3,(H,15,16,17). The molecule has 0 unspecified atom stereocenters. The zero-order chi connectivity index (χ0) is 13.0. The molecule has 1 heterocycles. The number of rotatable bonds is 4. The van der Waals surface area contributed by atoms with Gasteiger partial charge in [0.2, 0.25) is 0 Å². The van der Waals surface area contributed by atoms with Gasteiger partial charge in [-0.25, -0.2) is 0 Å². The van der Waals surface area contributed by atoms with Crippen LogP contribution in [0.25, 0.3) is 0 Å². The zero-order valence-corrected chi connectivity index (χ0v) is 10.3. The molecule has 1 N–H and O–H groups in total. The van der Waals surface area contributed by atoms with E-state index in [1.807, 2.05) is 26.0 Å². The Bertz CT molecular complexity index is 551. The van der Waals surface area contributed by atoms with Crippen molar-refractivity contribution in [2.45, 2.75) is 26.3 Å². The maximum Gasteiger partial charge on any atom is 0.321 e. The predicted molar refractivity (Wildman–Crippen MR) is 66.9 cm³/mol. The zero-order valence-electron chi connectivity index (χ0n) is 10.3. The van der Waals surface area contributed by atoms with Crippen LogP contribution in [-0.4, -0.2) is 10.1 Å². The van der Waals surface area contributed by atoms with E-state index < -0.39 is 0 Å². The second-order valence-corrected chi connectivity index (χ2v) is 4.27. The third kappa shape index (κ3) is 2.86. The maximum absolute atomic E-state index is 8.69. The van der Waals surface area contributed by atoms with Gasteiger partial charge in [-0.15, -0.1) is 0 Å². The summed E-state index contributed by atoms with van der Waals surface area (Å²) >= 11 is 0.